The van der Waals surface area contributed by atoms with Gasteiger partial charge in [-0.1, -0.05) is 36.8 Å². The van der Waals surface area contributed by atoms with E-state index in [0.717, 1.165) is 31.9 Å². The third-order valence-corrected chi connectivity index (χ3v) is 14.4. The van der Waals surface area contributed by atoms with Crippen LogP contribution in [0.15, 0.2) is 22.9 Å². The second-order valence-electron chi connectivity index (χ2n) is 6.93. The van der Waals surface area contributed by atoms with Crippen LogP contribution in [-0.4, -0.2) is 36.7 Å². The van der Waals surface area contributed by atoms with Gasteiger partial charge in [-0.25, -0.2) is 0 Å². The molecule has 0 fully saturated rings. The van der Waals surface area contributed by atoms with Crippen LogP contribution in [-0.2, 0) is 13.3 Å². The van der Waals surface area contributed by atoms with Crippen LogP contribution in [0, 0.1) is 5.92 Å². The third kappa shape index (κ3) is 5.98. The normalized spacial score (nSPS) is 18.6. The molecule has 1 rings (SSSR count). The molecule has 0 radical (unpaired) electrons. The van der Waals surface area contributed by atoms with Gasteiger partial charge < -0.3 is 13.3 Å². The van der Waals surface area contributed by atoms with Crippen LogP contribution in [0.4, 0.5) is 0 Å². The molecule has 0 aromatic heterocycles. The molecule has 23 heavy (non-hydrogen) atoms. The van der Waals surface area contributed by atoms with Gasteiger partial charge in [0.25, 0.3) is 0 Å². The maximum atomic E-state index is 6.37. The Balaban J connectivity index is 3.02. The first-order valence-electron chi connectivity index (χ1n) is 9.12. The lowest BCUT2D eigenvalue weighted by atomic mass is 9.95. The zero-order chi connectivity index (χ0) is 17.5. The van der Waals surface area contributed by atoms with Crippen LogP contribution in [0.5, 0.6) is 0 Å². The lowest BCUT2D eigenvalue weighted by Crippen LogP contribution is -2.51. The van der Waals surface area contributed by atoms with Gasteiger partial charge in [-0.3, -0.25) is 0 Å². The van der Waals surface area contributed by atoms with E-state index in [1.165, 1.54) is 11.6 Å². The zero-order valence-electron chi connectivity index (χ0n) is 16.2. The monoisotopic (exact) mass is 356 g/mol. The van der Waals surface area contributed by atoms with Crippen molar-refractivity contribution in [3.63, 3.8) is 0 Å². The highest BCUT2D eigenvalue weighted by molar-refractivity contribution is 6.92. The Labute approximate surface area is 145 Å². The van der Waals surface area contributed by atoms with Crippen molar-refractivity contribution in [3.05, 3.63) is 22.9 Å². The van der Waals surface area contributed by atoms with Gasteiger partial charge in [0, 0.05) is 25.5 Å². The van der Waals surface area contributed by atoms with E-state index in [-0.39, 0.29) is 0 Å². The van der Waals surface area contributed by atoms with E-state index in [9.17, 15) is 0 Å². The highest BCUT2D eigenvalue weighted by atomic mass is 28.4. The maximum absolute atomic E-state index is 6.37. The molecule has 1 unspecified atom stereocenters. The maximum Gasteiger partial charge on any atom is 0.334 e. The predicted molar refractivity (Wildman–Crippen MR) is 103 cm³/mol. The summed E-state index contributed by atoms with van der Waals surface area (Å²) in [6, 6.07) is 0. The summed E-state index contributed by atoms with van der Waals surface area (Å²) in [5.74, 6) is 0.638. The summed E-state index contributed by atoms with van der Waals surface area (Å²) < 4.78 is 18.6. The number of hydrogen-bond acceptors (Lipinski definition) is 3. The van der Waals surface area contributed by atoms with Crippen LogP contribution in [0.2, 0.25) is 18.8 Å². The van der Waals surface area contributed by atoms with Crippen molar-refractivity contribution in [2.24, 2.45) is 5.92 Å². The highest BCUT2D eigenvalue weighted by Gasteiger charge is 2.45. The van der Waals surface area contributed by atoms with Gasteiger partial charge in [0.1, 0.15) is 0 Å². The first-order valence-corrected chi connectivity index (χ1v) is 14.3. The van der Waals surface area contributed by atoms with E-state index in [4.69, 9.17) is 13.3 Å². The third-order valence-electron chi connectivity index (χ3n) is 4.62. The standard InChI is InChI=1S/C18H36O3Si2/c1-8-19-22(6,15-23(7,20-9-2)21-10-3)18-13-11-17(12-14-18)16(4)5/h11,13,16H,8-10,12,14-15H2,1-7H3. The fourth-order valence-corrected chi connectivity index (χ4v) is 13.8. The lowest BCUT2D eigenvalue weighted by molar-refractivity contribution is 0.191. The summed E-state index contributed by atoms with van der Waals surface area (Å²) in [4.78, 5) is 0. The molecule has 0 saturated carbocycles. The summed E-state index contributed by atoms with van der Waals surface area (Å²) in [6.45, 7) is 17.5. The van der Waals surface area contributed by atoms with Crippen LogP contribution in [0.1, 0.15) is 47.5 Å². The molecule has 0 bridgehead atoms. The van der Waals surface area contributed by atoms with Gasteiger partial charge in [-0.15, -0.1) is 0 Å². The fourth-order valence-electron chi connectivity index (χ4n) is 3.52. The quantitative estimate of drug-likeness (QED) is 0.508. The smallest absolute Gasteiger partial charge is 0.334 e. The van der Waals surface area contributed by atoms with Crippen LogP contribution in [0.25, 0.3) is 0 Å². The van der Waals surface area contributed by atoms with Crippen LogP contribution in [0.3, 0.4) is 0 Å². The molecule has 1 atom stereocenters. The van der Waals surface area contributed by atoms with Crippen molar-refractivity contribution in [2.45, 2.75) is 66.2 Å². The first-order chi connectivity index (χ1) is 10.8. The van der Waals surface area contributed by atoms with Gasteiger partial charge >= 0.3 is 8.56 Å². The minimum absolute atomic E-state index is 0.638. The van der Waals surface area contributed by atoms with Gasteiger partial charge in [0.05, 0.1) is 0 Å². The van der Waals surface area contributed by atoms with Crippen molar-refractivity contribution < 1.29 is 13.3 Å². The number of hydrogen-bond donors (Lipinski definition) is 0. The minimum Gasteiger partial charge on any atom is -0.413 e. The van der Waals surface area contributed by atoms with Gasteiger partial charge in [0.2, 0.25) is 8.32 Å². The molecule has 0 amide bonds. The Hall–Kier alpha value is -0.206. The number of allylic oxidation sites excluding steroid dienone is 4. The average Bonchev–Trinajstić information content (AvgIpc) is 2.47. The molecular formula is C18H36O3Si2. The average molecular weight is 357 g/mol. The van der Waals surface area contributed by atoms with E-state index in [1.807, 2.05) is 0 Å². The summed E-state index contributed by atoms with van der Waals surface area (Å²) in [5.41, 5.74) is 2.53. The minimum atomic E-state index is -2.17. The largest absolute Gasteiger partial charge is 0.413 e. The molecule has 0 aliphatic heterocycles. The Morgan fingerprint density at radius 1 is 0.913 bits per heavy atom. The van der Waals surface area contributed by atoms with Crippen molar-refractivity contribution in [1.29, 1.82) is 0 Å². The van der Waals surface area contributed by atoms with E-state index in [1.54, 1.807) is 5.57 Å². The molecule has 0 saturated heterocycles. The van der Waals surface area contributed by atoms with Crippen LogP contribution < -0.4 is 0 Å². The molecule has 0 aromatic carbocycles. The summed E-state index contributed by atoms with van der Waals surface area (Å²) in [6.07, 6.45) is 6.97. The van der Waals surface area contributed by atoms with E-state index in [2.05, 4.69) is 59.9 Å². The van der Waals surface area contributed by atoms with Gasteiger partial charge in [-0.05, 0) is 52.6 Å². The molecule has 1 aliphatic carbocycles. The summed E-state index contributed by atoms with van der Waals surface area (Å²) >= 11 is 0. The molecule has 3 nitrogen and oxygen atoms in total. The van der Waals surface area contributed by atoms with Crippen LogP contribution >= 0.6 is 0 Å². The second kappa shape index (κ2) is 9.32. The number of rotatable bonds is 10. The molecule has 0 aromatic rings. The SMILES string of the molecule is CCO[Si](C)(C[Si](C)(OCC)C1=CC=C(C(C)C)CC1)OCC. The Morgan fingerprint density at radius 2 is 1.48 bits per heavy atom. The van der Waals surface area contributed by atoms with E-state index < -0.39 is 16.9 Å². The van der Waals surface area contributed by atoms with E-state index in [0.29, 0.717) is 5.92 Å². The molecule has 134 valence electrons. The topological polar surface area (TPSA) is 27.7 Å². The Bertz CT molecular complexity index is 426. The molecular weight excluding hydrogens is 320 g/mol. The molecule has 5 heteroatoms. The second-order valence-corrected chi connectivity index (χ2v) is 14.6. The van der Waals surface area contributed by atoms with Crippen molar-refractivity contribution in [3.8, 4) is 0 Å². The first kappa shape index (κ1) is 20.8. The molecule has 0 spiro atoms. The summed E-state index contributed by atoms with van der Waals surface area (Å²) in [5, 5.41) is 1.52. The Kier molecular flexibility index (Phi) is 8.45. The van der Waals surface area contributed by atoms with Crippen molar-refractivity contribution in [2.75, 3.05) is 19.8 Å². The molecule has 0 N–H and O–H groups in total. The van der Waals surface area contributed by atoms with E-state index >= 15 is 0 Å². The predicted octanol–water partition coefficient (Wildman–Crippen LogP) is 5.12. The van der Waals surface area contributed by atoms with Crippen molar-refractivity contribution in [1.82, 2.24) is 0 Å². The highest BCUT2D eigenvalue weighted by Crippen LogP contribution is 2.35. The lowest BCUT2D eigenvalue weighted by Gasteiger charge is -2.37. The molecule has 1 aliphatic rings. The fraction of sp³-hybridized carbons (Fsp3) is 0.778. The van der Waals surface area contributed by atoms with Gasteiger partial charge in [0.15, 0.2) is 0 Å². The zero-order valence-corrected chi connectivity index (χ0v) is 18.2. The summed E-state index contributed by atoms with van der Waals surface area (Å²) in [7, 11) is -4.16. The molecule has 0 heterocycles. The Morgan fingerprint density at radius 3 is 1.87 bits per heavy atom. The van der Waals surface area contributed by atoms with Crippen molar-refractivity contribution >= 4 is 16.9 Å². The van der Waals surface area contributed by atoms with Gasteiger partial charge in [-0.2, -0.15) is 0 Å².